The molecule has 0 aliphatic carbocycles. The summed E-state index contributed by atoms with van der Waals surface area (Å²) in [6.45, 7) is 2.64. The normalized spacial score (nSPS) is 18.3. The Morgan fingerprint density at radius 2 is 2.07 bits per heavy atom. The first-order chi connectivity index (χ1) is 13.0. The lowest BCUT2D eigenvalue weighted by atomic mass is 10.00. The van der Waals surface area contributed by atoms with Gasteiger partial charge in [-0.1, -0.05) is 18.2 Å². The van der Waals surface area contributed by atoms with Crippen LogP contribution in [0.1, 0.15) is 28.9 Å². The second-order valence-corrected chi connectivity index (χ2v) is 6.29. The van der Waals surface area contributed by atoms with Crippen molar-refractivity contribution in [1.82, 2.24) is 4.90 Å². The Balaban J connectivity index is 1.69. The molecule has 0 spiro atoms. The summed E-state index contributed by atoms with van der Waals surface area (Å²) in [6.07, 6.45) is -0.901. The number of carbonyl (C=O) groups is 2. The van der Waals surface area contributed by atoms with Gasteiger partial charge in [-0.3, -0.25) is 9.59 Å². The van der Waals surface area contributed by atoms with Crippen LogP contribution in [-0.4, -0.2) is 47.6 Å². The first-order valence-corrected chi connectivity index (χ1v) is 8.71. The van der Waals surface area contributed by atoms with Gasteiger partial charge in [-0.05, 0) is 42.8 Å². The van der Waals surface area contributed by atoms with Crippen LogP contribution in [0.15, 0.2) is 48.5 Å². The topological polar surface area (TPSA) is 78.9 Å². The number of ether oxygens (including phenoxy) is 1. The quantitative estimate of drug-likeness (QED) is 0.845. The largest absolute Gasteiger partial charge is 0.386 e. The van der Waals surface area contributed by atoms with E-state index in [9.17, 15) is 19.1 Å². The van der Waals surface area contributed by atoms with Crippen molar-refractivity contribution in [3.63, 3.8) is 0 Å². The molecule has 2 atom stereocenters. The van der Waals surface area contributed by atoms with Gasteiger partial charge in [0.1, 0.15) is 18.5 Å². The molecule has 2 aromatic rings. The number of nitrogens with one attached hydrogen (secondary N) is 1. The van der Waals surface area contributed by atoms with Crippen molar-refractivity contribution in [3.8, 4) is 0 Å². The fourth-order valence-corrected chi connectivity index (χ4v) is 3.12. The van der Waals surface area contributed by atoms with Crippen molar-refractivity contribution in [1.29, 1.82) is 0 Å². The number of halogens is 1. The van der Waals surface area contributed by atoms with Crippen LogP contribution in [0.3, 0.4) is 0 Å². The molecule has 0 radical (unpaired) electrons. The fraction of sp³-hybridized carbons (Fsp3) is 0.300. The van der Waals surface area contributed by atoms with Gasteiger partial charge in [0.25, 0.3) is 5.91 Å². The first kappa shape index (κ1) is 19.0. The van der Waals surface area contributed by atoms with Crippen LogP contribution >= 0.6 is 0 Å². The van der Waals surface area contributed by atoms with E-state index in [1.54, 1.807) is 29.2 Å². The van der Waals surface area contributed by atoms with Crippen molar-refractivity contribution in [2.45, 2.75) is 19.1 Å². The number of amides is 2. The lowest BCUT2D eigenvalue weighted by Gasteiger charge is -2.37. The average Bonchev–Trinajstić information content (AvgIpc) is 2.68. The summed E-state index contributed by atoms with van der Waals surface area (Å²) in [6, 6.07) is 11.6. The fourth-order valence-electron chi connectivity index (χ4n) is 3.12. The van der Waals surface area contributed by atoms with Gasteiger partial charge < -0.3 is 20.1 Å². The third-order valence-electron chi connectivity index (χ3n) is 4.54. The molecule has 1 fully saturated rings. The Hall–Kier alpha value is -2.77. The van der Waals surface area contributed by atoms with E-state index in [0.29, 0.717) is 17.8 Å². The highest BCUT2D eigenvalue weighted by molar-refractivity contribution is 6.04. The summed E-state index contributed by atoms with van der Waals surface area (Å²) in [5.41, 5.74) is 1.35. The Morgan fingerprint density at radius 1 is 1.33 bits per heavy atom. The predicted octanol–water partition coefficient (Wildman–Crippen LogP) is 2.36. The van der Waals surface area contributed by atoms with Crippen LogP contribution in [0.25, 0.3) is 0 Å². The van der Waals surface area contributed by atoms with E-state index in [2.05, 4.69) is 5.32 Å². The molecule has 2 aromatic carbocycles. The predicted molar refractivity (Wildman–Crippen MR) is 97.7 cm³/mol. The first-order valence-electron chi connectivity index (χ1n) is 8.71. The van der Waals surface area contributed by atoms with Crippen molar-refractivity contribution in [3.05, 3.63) is 65.5 Å². The highest BCUT2D eigenvalue weighted by Crippen LogP contribution is 2.25. The number of carbonyl (C=O) groups excluding carboxylic acids is 2. The third-order valence-corrected chi connectivity index (χ3v) is 4.54. The van der Waals surface area contributed by atoms with Crippen molar-refractivity contribution < 1.29 is 23.8 Å². The van der Waals surface area contributed by atoms with Crippen LogP contribution in [0, 0.1) is 5.82 Å². The number of nitrogens with zero attached hydrogens (tertiary/aromatic N) is 1. The van der Waals surface area contributed by atoms with E-state index in [0.717, 1.165) is 6.07 Å². The molecule has 6 nitrogen and oxygen atoms in total. The SMILES string of the molecule is CCN1C(=O)COCC1C(O)c1ccc(NC(=O)c2cccc(F)c2)cc1. The Bertz CT molecular complexity index is 825. The maximum absolute atomic E-state index is 13.2. The van der Waals surface area contributed by atoms with Crippen LogP contribution in [0.5, 0.6) is 0 Å². The smallest absolute Gasteiger partial charge is 0.255 e. The molecule has 0 bridgehead atoms. The molecular formula is C20H21FN2O4. The molecule has 1 aliphatic rings. The molecule has 2 amide bonds. The number of aliphatic hydroxyl groups excluding tert-OH is 1. The number of benzene rings is 2. The number of likely N-dealkylation sites (N-methyl/N-ethyl adjacent to an activating group) is 1. The van der Waals surface area contributed by atoms with Gasteiger partial charge in [0.05, 0.1) is 12.6 Å². The molecule has 142 valence electrons. The Labute approximate surface area is 156 Å². The molecular weight excluding hydrogens is 351 g/mol. The van der Waals surface area contributed by atoms with E-state index in [1.807, 2.05) is 6.92 Å². The molecule has 1 aliphatic heterocycles. The summed E-state index contributed by atoms with van der Waals surface area (Å²) in [7, 11) is 0. The molecule has 2 N–H and O–H groups in total. The lowest BCUT2D eigenvalue weighted by molar-refractivity contribution is -0.153. The maximum Gasteiger partial charge on any atom is 0.255 e. The summed E-state index contributed by atoms with van der Waals surface area (Å²) < 4.78 is 18.5. The van der Waals surface area contributed by atoms with Gasteiger partial charge in [-0.2, -0.15) is 0 Å². The van der Waals surface area contributed by atoms with Gasteiger partial charge in [-0.15, -0.1) is 0 Å². The minimum atomic E-state index is -0.901. The molecule has 3 rings (SSSR count). The zero-order valence-electron chi connectivity index (χ0n) is 14.9. The lowest BCUT2D eigenvalue weighted by Crippen LogP contribution is -2.51. The van der Waals surface area contributed by atoms with Gasteiger partial charge in [0, 0.05) is 17.8 Å². The van der Waals surface area contributed by atoms with E-state index >= 15 is 0 Å². The number of rotatable bonds is 5. The number of aliphatic hydroxyl groups is 1. The average molecular weight is 372 g/mol. The zero-order valence-corrected chi connectivity index (χ0v) is 14.9. The van der Waals surface area contributed by atoms with Crippen molar-refractivity contribution in [2.24, 2.45) is 0 Å². The van der Waals surface area contributed by atoms with E-state index < -0.39 is 23.9 Å². The van der Waals surface area contributed by atoms with E-state index in [1.165, 1.54) is 18.2 Å². The van der Waals surface area contributed by atoms with Gasteiger partial charge in [0.2, 0.25) is 5.91 Å². The minimum absolute atomic E-state index is 0.0299. The van der Waals surface area contributed by atoms with Crippen molar-refractivity contribution in [2.75, 3.05) is 25.1 Å². The number of morpholine rings is 1. The molecule has 27 heavy (non-hydrogen) atoms. The molecule has 2 unspecified atom stereocenters. The van der Waals surface area contributed by atoms with Gasteiger partial charge in [-0.25, -0.2) is 4.39 Å². The molecule has 1 heterocycles. The Kier molecular flexibility index (Phi) is 5.83. The standard InChI is InChI=1S/C20H21FN2O4/c1-2-23-17(11-27-12-18(23)24)19(25)13-6-8-16(9-7-13)22-20(26)14-4-3-5-15(21)10-14/h3-10,17,19,25H,2,11-12H2,1H3,(H,22,26). The molecule has 0 saturated carbocycles. The third kappa shape index (κ3) is 4.32. The highest BCUT2D eigenvalue weighted by Gasteiger charge is 2.33. The van der Waals surface area contributed by atoms with Crippen LogP contribution < -0.4 is 5.32 Å². The van der Waals surface area contributed by atoms with Gasteiger partial charge in [0.15, 0.2) is 0 Å². The molecule has 1 saturated heterocycles. The summed E-state index contributed by atoms with van der Waals surface area (Å²) in [5, 5.41) is 13.3. The minimum Gasteiger partial charge on any atom is -0.386 e. The van der Waals surface area contributed by atoms with Crippen LogP contribution in [0.4, 0.5) is 10.1 Å². The van der Waals surface area contributed by atoms with Crippen LogP contribution in [0.2, 0.25) is 0 Å². The number of hydrogen-bond donors (Lipinski definition) is 2. The maximum atomic E-state index is 13.2. The van der Waals surface area contributed by atoms with E-state index in [-0.39, 0.29) is 24.7 Å². The monoisotopic (exact) mass is 372 g/mol. The van der Waals surface area contributed by atoms with Crippen molar-refractivity contribution >= 4 is 17.5 Å². The number of hydrogen-bond acceptors (Lipinski definition) is 4. The molecule has 7 heteroatoms. The summed E-state index contributed by atoms with van der Waals surface area (Å²) in [5.74, 6) is -1.05. The summed E-state index contributed by atoms with van der Waals surface area (Å²) >= 11 is 0. The van der Waals surface area contributed by atoms with Crippen LogP contribution in [-0.2, 0) is 9.53 Å². The molecule has 0 aromatic heterocycles. The Morgan fingerprint density at radius 3 is 2.74 bits per heavy atom. The second kappa shape index (κ2) is 8.28. The van der Waals surface area contributed by atoms with Gasteiger partial charge >= 0.3 is 0 Å². The zero-order chi connectivity index (χ0) is 19.4. The van der Waals surface area contributed by atoms with E-state index in [4.69, 9.17) is 4.74 Å². The highest BCUT2D eigenvalue weighted by atomic mass is 19.1. The number of anilines is 1. The summed E-state index contributed by atoms with van der Waals surface area (Å²) in [4.78, 5) is 25.7. The second-order valence-electron chi connectivity index (χ2n) is 6.29.